The minimum Gasteiger partial charge on any atom is -0.493 e. The molecule has 0 bridgehead atoms. The number of aromatic hydroxyl groups is 1. The number of nitrogens with zero attached hydrogens (tertiary/aromatic N) is 2. The molecule has 1 amide bonds. The quantitative estimate of drug-likeness (QED) is 0.624. The maximum absolute atomic E-state index is 11.9. The minimum atomic E-state index is -0.458. The van der Waals surface area contributed by atoms with E-state index in [0.717, 1.165) is 5.69 Å². The fourth-order valence-electron chi connectivity index (χ4n) is 2.68. The number of hydrogen-bond acceptors (Lipinski definition) is 6. The van der Waals surface area contributed by atoms with Gasteiger partial charge in [-0.15, -0.1) is 10.2 Å². The molecule has 4 rings (SSSR count). The van der Waals surface area contributed by atoms with Gasteiger partial charge in [0.15, 0.2) is 17.2 Å². The van der Waals surface area contributed by atoms with E-state index < -0.39 is 5.91 Å². The number of aromatic nitrogens is 1. The number of carbonyl (C=O) groups is 1. The van der Waals surface area contributed by atoms with Gasteiger partial charge < -0.3 is 24.9 Å². The maximum Gasteiger partial charge on any atom is 0.283 e. The van der Waals surface area contributed by atoms with Gasteiger partial charge in [-0.1, -0.05) is 18.2 Å². The molecule has 0 spiro atoms. The first-order valence-electron chi connectivity index (χ1n) is 8.08. The second kappa shape index (κ2) is 6.75. The summed E-state index contributed by atoms with van der Waals surface area (Å²) in [6, 6.07) is 12.8. The third-order valence-corrected chi connectivity index (χ3v) is 3.89. The van der Waals surface area contributed by atoms with Gasteiger partial charge in [0.05, 0.1) is 12.1 Å². The zero-order valence-electron chi connectivity index (χ0n) is 13.7. The first-order chi connectivity index (χ1) is 12.7. The molecule has 2 aromatic carbocycles. The lowest BCUT2D eigenvalue weighted by Gasteiger charge is -2.17. The van der Waals surface area contributed by atoms with E-state index >= 15 is 0 Å². The second-order valence-corrected chi connectivity index (χ2v) is 5.68. The molecule has 1 aromatic heterocycles. The Morgan fingerprint density at radius 2 is 1.88 bits per heavy atom. The van der Waals surface area contributed by atoms with E-state index in [1.165, 1.54) is 0 Å². The van der Waals surface area contributed by atoms with Crippen LogP contribution in [0.5, 0.6) is 17.4 Å². The first kappa shape index (κ1) is 15.9. The zero-order chi connectivity index (χ0) is 17.9. The summed E-state index contributed by atoms with van der Waals surface area (Å²) in [7, 11) is 0. The number of anilines is 1. The fraction of sp³-hybridized carbons (Fsp3) is 0.167. The highest BCUT2D eigenvalue weighted by molar-refractivity contribution is 5.96. The van der Waals surface area contributed by atoms with Gasteiger partial charge in [-0.25, -0.2) is 0 Å². The van der Waals surface area contributed by atoms with Crippen LogP contribution in [-0.4, -0.2) is 35.8 Å². The summed E-state index contributed by atoms with van der Waals surface area (Å²) in [5.41, 5.74) is 1.62. The van der Waals surface area contributed by atoms with Crippen LogP contribution in [0.3, 0.4) is 0 Å². The average molecular weight is 352 g/mol. The van der Waals surface area contributed by atoms with Gasteiger partial charge in [-0.05, 0) is 18.2 Å². The molecule has 26 heavy (non-hydrogen) atoms. The Morgan fingerprint density at radius 3 is 2.65 bits per heavy atom. The van der Waals surface area contributed by atoms with Crippen molar-refractivity contribution >= 4 is 28.2 Å². The van der Waals surface area contributed by atoms with Crippen molar-refractivity contribution in [3.8, 4) is 17.4 Å². The van der Waals surface area contributed by atoms with Gasteiger partial charge in [-0.2, -0.15) is 0 Å². The smallest absolute Gasteiger partial charge is 0.283 e. The Labute approximate surface area is 148 Å². The van der Waals surface area contributed by atoms with Crippen molar-refractivity contribution in [1.82, 2.24) is 4.98 Å². The van der Waals surface area contributed by atoms with Crippen LogP contribution < -0.4 is 14.8 Å². The van der Waals surface area contributed by atoms with E-state index in [0.29, 0.717) is 35.6 Å². The maximum atomic E-state index is 11.9. The molecule has 0 radical (unpaired) electrons. The minimum absolute atomic E-state index is 0.00296. The van der Waals surface area contributed by atoms with Crippen LogP contribution >= 0.6 is 0 Å². The molecule has 3 N–H and O–H groups in total. The van der Waals surface area contributed by atoms with Gasteiger partial charge in [0.2, 0.25) is 5.88 Å². The van der Waals surface area contributed by atoms with E-state index in [1.807, 2.05) is 30.3 Å². The standard InChI is InChI=1S/C18H16N4O4/c23-16(10-19-11-4-2-1-3-5-11)21-22-17-12-8-14-15(26-7-6-25-14)9-13(12)20-18(17)24/h1-5,8-9,19-20,24H,6-7,10H2. The lowest BCUT2D eigenvalue weighted by Crippen LogP contribution is -2.15. The largest absolute Gasteiger partial charge is 0.493 e. The molecule has 0 unspecified atom stereocenters. The SMILES string of the molecule is O=C(CNc1ccccc1)N=Nc1c(O)[nH]c2cc3c(cc12)OCCO3. The van der Waals surface area contributed by atoms with Crippen molar-refractivity contribution in [2.24, 2.45) is 10.2 Å². The van der Waals surface area contributed by atoms with Crippen LogP contribution in [0.1, 0.15) is 0 Å². The molecule has 2 heterocycles. The number of nitrogens with one attached hydrogen (secondary N) is 2. The van der Waals surface area contributed by atoms with Gasteiger partial charge in [0.1, 0.15) is 13.2 Å². The summed E-state index contributed by atoms with van der Waals surface area (Å²) in [6.45, 7) is 0.930. The Bertz CT molecular complexity index is 982. The lowest BCUT2D eigenvalue weighted by molar-refractivity contribution is -0.116. The Kier molecular flexibility index (Phi) is 4.14. The number of amides is 1. The van der Waals surface area contributed by atoms with Crippen LogP contribution in [0.25, 0.3) is 10.9 Å². The molecule has 1 aliphatic rings. The van der Waals surface area contributed by atoms with Crippen LogP contribution in [0, 0.1) is 0 Å². The molecule has 0 atom stereocenters. The van der Waals surface area contributed by atoms with Crippen LogP contribution in [0.2, 0.25) is 0 Å². The zero-order valence-corrected chi connectivity index (χ0v) is 13.7. The van der Waals surface area contributed by atoms with Crippen LogP contribution in [0.4, 0.5) is 11.4 Å². The summed E-state index contributed by atoms with van der Waals surface area (Å²) in [6.07, 6.45) is 0. The molecule has 0 fully saturated rings. The van der Waals surface area contributed by atoms with E-state index in [4.69, 9.17) is 9.47 Å². The number of carbonyl (C=O) groups excluding carboxylic acids is 1. The van der Waals surface area contributed by atoms with Crippen molar-refractivity contribution in [3.05, 3.63) is 42.5 Å². The van der Waals surface area contributed by atoms with E-state index in [2.05, 4.69) is 20.5 Å². The molecule has 1 aliphatic heterocycles. The Morgan fingerprint density at radius 1 is 1.15 bits per heavy atom. The fourth-order valence-corrected chi connectivity index (χ4v) is 2.68. The van der Waals surface area contributed by atoms with E-state index in [1.54, 1.807) is 12.1 Å². The number of hydrogen-bond donors (Lipinski definition) is 3. The normalized spacial score (nSPS) is 13.2. The van der Waals surface area contributed by atoms with Gasteiger partial charge in [-0.3, -0.25) is 4.79 Å². The second-order valence-electron chi connectivity index (χ2n) is 5.68. The third kappa shape index (κ3) is 3.16. The molecule has 8 nitrogen and oxygen atoms in total. The predicted octanol–water partition coefficient (Wildman–Crippen LogP) is 3.37. The molecular weight excluding hydrogens is 336 g/mol. The highest BCUT2D eigenvalue weighted by atomic mass is 16.6. The topological polar surface area (TPSA) is 108 Å². The molecular formula is C18H16N4O4. The molecule has 8 heteroatoms. The molecule has 132 valence electrons. The van der Waals surface area contributed by atoms with Crippen LogP contribution in [0.15, 0.2) is 52.7 Å². The number of ether oxygens (including phenoxy) is 2. The highest BCUT2D eigenvalue weighted by Gasteiger charge is 2.18. The molecule has 0 saturated carbocycles. The number of fused-ring (bicyclic) bond motifs is 2. The van der Waals surface area contributed by atoms with E-state index in [-0.39, 0.29) is 18.1 Å². The number of rotatable bonds is 4. The summed E-state index contributed by atoms with van der Waals surface area (Å²) in [5.74, 6) is 0.531. The third-order valence-electron chi connectivity index (χ3n) is 3.89. The Hall–Kier alpha value is -3.55. The lowest BCUT2D eigenvalue weighted by atomic mass is 10.2. The summed E-state index contributed by atoms with van der Waals surface area (Å²) in [5, 5.41) is 21.2. The number of H-pyrrole nitrogens is 1. The average Bonchev–Trinajstić information content (AvgIpc) is 2.97. The van der Waals surface area contributed by atoms with Crippen molar-refractivity contribution in [3.63, 3.8) is 0 Å². The van der Waals surface area contributed by atoms with Crippen LogP contribution in [-0.2, 0) is 4.79 Å². The summed E-state index contributed by atoms with van der Waals surface area (Å²) in [4.78, 5) is 14.7. The number of para-hydroxylation sites is 1. The molecule has 0 saturated heterocycles. The predicted molar refractivity (Wildman–Crippen MR) is 95.4 cm³/mol. The van der Waals surface area contributed by atoms with Gasteiger partial charge in [0, 0.05) is 17.1 Å². The summed E-state index contributed by atoms with van der Waals surface area (Å²) >= 11 is 0. The number of azo groups is 1. The first-order valence-corrected chi connectivity index (χ1v) is 8.08. The van der Waals surface area contributed by atoms with Crippen molar-refractivity contribution < 1.29 is 19.4 Å². The van der Waals surface area contributed by atoms with Crippen molar-refractivity contribution in [2.75, 3.05) is 25.1 Å². The van der Waals surface area contributed by atoms with E-state index in [9.17, 15) is 9.90 Å². The molecule has 0 aliphatic carbocycles. The van der Waals surface area contributed by atoms with Gasteiger partial charge in [0.25, 0.3) is 5.91 Å². The van der Waals surface area contributed by atoms with Crippen molar-refractivity contribution in [2.45, 2.75) is 0 Å². The molecule has 3 aromatic rings. The summed E-state index contributed by atoms with van der Waals surface area (Å²) < 4.78 is 11.0. The highest BCUT2D eigenvalue weighted by Crippen LogP contribution is 2.42. The number of benzene rings is 2. The monoisotopic (exact) mass is 352 g/mol. The van der Waals surface area contributed by atoms with Crippen molar-refractivity contribution in [1.29, 1.82) is 0 Å². The number of aromatic amines is 1. The Balaban J connectivity index is 1.53. The van der Waals surface area contributed by atoms with Gasteiger partial charge >= 0.3 is 0 Å².